The Morgan fingerprint density at radius 2 is 1.95 bits per heavy atom. The average Bonchev–Trinajstić information content (AvgIpc) is 2.42. The third-order valence-electron chi connectivity index (χ3n) is 4.13. The van der Waals surface area contributed by atoms with E-state index in [0.29, 0.717) is 5.56 Å². The van der Waals surface area contributed by atoms with Crippen molar-refractivity contribution >= 4 is 0 Å². The van der Waals surface area contributed by atoms with Crippen molar-refractivity contribution in [1.82, 2.24) is 5.43 Å². The molecular weight excluding hydrogens is 246 g/mol. The van der Waals surface area contributed by atoms with Gasteiger partial charge < -0.3 is 0 Å². The minimum atomic E-state index is -0.552. The fourth-order valence-electron chi connectivity index (χ4n) is 2.99. The molecule has 1 aliphatic rings. The first kappa shape index (κ1) is 14.4. The summed E-state index contributed by atoms with van der Waals surface area (Å²) in [4.78, 5) is 0. The molecule has 0 radical (unpaired) electrons. The lowest BCUT2D eigenvalue weighted by Crippen LogP contribution is -2.29. The van der Waals surface area contributed by atoms with Crippen LogP contribution < -0.4 is 11.3 Å². The first-order valence-electron chi connectivity index (χ1n) is 7.12. The molecule has 1 aromatic carbocycles. The van der Waals surface area contributed by atoms with Gasteiger partial charge in [-0.15, -0.1) is 0 Å². The maximum Gasteiger partial charge on any atom is 0.130 e. The highest BCUT2D eigenvalue weighted by Crippen LogP contribution is 2.30. The molecule has 1 fully saturated rings. The molecule has 1 aromatic rings. The van der Waals surface area contributed by atoms with Gasteiger partial charge in [0.15, 0.2) is 0 Å². The Hall–Kier alpha value is -1.00. The van der Waals surface area contributed by atoms with Crippen molar-refractivity contribution in [3.8, 4) is 0 Å². The van der Waals surface area contributed by atoms with Gasteiger partial charge in [-0.2, -0.15) is 0 Å². The molecule has 2 nitrogen and oxygen atoms in total. The Kier molecular flexibility index (Phi) is 5.28. The molecular formula is C15H22F2N2. The van der Waals surface area contributed by atoms with E-state index >= 15 is 0 Å². The van der Waals surface area contributed by atoms with E-state index < -0.39 is 11.6 Å². The summed E-state index contributed by atoms with van der Waals surface area (Å²) >= 11 is 0. The monoisotopic (exact) mass is 268 g/mol. The first-order chi connectivity index (χ1) is 9.20. The van der Waals surface area contributed by atoms with Crippen LogP contribution in [0.25, 0.3) is 0 Å². The highest BCUT2D eigenvalue weighted by molar-refractivity contribution is 5.22. The van der Waals surface area contributed by atoms with E-state index in [-0.39, 0.29) is 6.04 Å². The molecule has 106 valence electrons. The number of hydrazine groups is 1. The molecule has 0 aromatic heterocycles. The van der Waals surface area contributed by atoms with Crippen molar-refractivity contribution in [3.05, 3.63) is 35.4 Å². The molecule has 4 heteroatoms. The number of halogens is 2. The standard InChI is InChI=1S/C15H22F2N2/c16-12-7-8-13(14(17)10-12)15(19-18)9-6-11-4-2-1-3-5-11/h7-8,10-11,15,19H,1-6,9,18H2. The predicted octanol–water partition coefficient (Wildman–Crippen LogP) is 3.83. The van der Waals surface area contributed by atoms with Crippen LogP contribution in [0.5, 0.6) is 0 Å². The number of benzene rings is 1. The smallest absolute Gasteiger partial charge is 0.130 e. The summed E-state index contributed by atoms with van der Waals surface area (Å²) in [5.41, 5.74) is 3.11. The van der Waals surface area contributed by atoms with Gasteiger partial charge in [-0.1, -0.05) is 38.2 Å². The summed E-state index contributed by atoms with van der Waals surface area (Å²) in [6.07, 6.45) is 8.32. The van der Waals surface area contributed by atoms with Crippen LogP contribution in [0.1, 0.15) is 56.6 Å². The van der Waals surface area contributed by atoms with Gasteiger partial charge >= 0.3 is 0 Å². The molecule has 0 saturated heterocycles. The number of hydrogen-bond acceptors (Lipinski definition) is 2. The maximum atomic E-state index is 13.7. The number of nitrogens with two attached hydrogens (primary N) is 1. The second-order valence-corrected chi connectivity index (χ2v) is 5.47. The Balaban J connectivity index is 1.95. The number of rotatable bonds is 5. The Morgan fingerprint density at radius 3 is 2.58 bits per heavy atom. The number of hydrogen-bond donors (Lipinski definition) is 2. The van der Waals surface area contributed by atoms with E-state index in [9.17, 15) is 8.78 Å². The molecule has 0 aliphatic heterocycles. The Bertz CT molecular complexity index is 403. The third-order valence-corrected chi connectivity index (χ3v) is 4.13. The van der Waals surface area contributed by atoms with Gasteiger partial charge in [-0.05, 0) is 24.8 Å². The normalized spacial score (nSPS) is 18.5. The fraction of sp³-hybridized carbons (Fsp3) is 0.600. The second-order valence-electron chi connectivity index (χ2n) is 5.47. The maximum absolute atomic E-state index is 13.7. The topological polar surface area (TPSA) is 38.0 Å². The quantitative estimate of drug-likeness (QED) is 0.629. The van der Waals surface area contributed by atoms with Gasteiger partial charge in [-0.25, -0.2) is 8.78 Å². The molecule has 0 bridgehead atoms. The van der Waals surface area contributed by atoms with E-state index in [1.807, 2.05) is 0 Å². The Morgan fingerprint density at radius 1 is 1.21 bits per heavy atom. The van der Waals surface area contributed by atoms with E-state index in [0.717, 1.165) is 24.8 Å². The van der Waals surface area contributed by atoms with Crippen molar-refractivity contribution in [3.63, 3.8) is 0 Å². The minimum Gasteiger partial charge on any atom is -0.271 e. The van der Waals surface area contributed by atoms with Gasteiger partial charge in [0.2, 0.25) is 0 Å². The SMILES string of the molecule is NNC(CCC1CCCCC1)c1ccc(F)cc1F. The Labute approximate surface area is 113 Å². The molecule has 0 spiro atoms. The lowest BCUT2D eigenvalue weighted by molar-refractivity contribution is 0.313. The van der Waals surface area contributed by atoms with Crippen molar-refractivity contribution in [2.45, 2.75) is 51.0 Å². The van der Waals surface area contributed by atoms with Crippen LogP contribution >= 0.6 is 0 Å². The summed E-state index contributed by atoms with van der Waals surface area (Å²) in [6, 6.07) is 3.45. The van der Waals surface area contributed by atoms with Crippen LogP contribution in [0.3, 0.4) is 0 Å². The van der Waals surface area contributed by atoms with E-state index in [1.165, 1.54) is 44.2 Å². The van der Waals surface area contributed by atoms with Gasteiger partial charge in [0.05, 0.1) is 0 Å². The van der Waals surface area contributed by atoms with Crippen LogP contribution in [0.4, 0.5) is 8.78 Å². The summed E-state index contributed by atoms with van der Waals surface area (Å²) in [5, 5.41) is 0. The zero-order chi connectivity index (χ0) is 13.7. The third kappa shape index (κ3) is 3.98. The fourth-order valence-corrected chi connectivity index (χ4v) is 2.99. The lowest BCUT2D eigenvalue weighted by Gasteiger charge is -2.24. The largest absolute Gasteiger partial charge is 0.271 e. The van der Waals surface area contributed by atoms with Gasteiger partial charge in [0.1, 0.15) is 11.6 Å². The molecule has 1 atom stereocenters. The zero-order valence-corrected chi connectivity index (χ0v) is 11.2. The first-order valence-corrected chi connectivity index (χ1v) is 7.12. The van der Waals surface area contributed by atoms with E-state index in [1.54, 1.807) is 0 Å². The highest BCUT2D eigenvalue weighted by Gasteiger charge is 2.19. The summed E-state index contributed by atoms with van der Waals surface area (Å²) in [7, 11) is 0. The van der Waals surface area contributed by atoms with Crippen LogP contribution in [-0.4, -0.2) is 0 Å². The predicted molar refractivity (Wildman–Crippen MR) is 72.2 cm³/mol. The molecule has 1 saturated carbocycles. The molecule has 2 rings (SSSR count). The molecule has 3 N–H and O–H groups in total. The van der Waals surface area contributed by atoms with Crippen LogP contribution in [0.2, 0.25) is 0 Å². The second kappa shape index (κ2) is 6.96. The van der Waals surface area contributed by atoms with Crippen LogP contribution in [0, 0.1) is 17.6 Å². The van der Waals surface area contributed by atoms with Crippen molar-refractivity contribution in [2.24, 2.45) is 11.8 Å². The molecule has 0 amide bonds. The lowest BCUT2D eigenvalue weighted by atomic mass is 9.84. The average molecular weight is 268 g/mol. The van der Waals surface area contributed by atoms with Gasteiger partial charge in [0.25, 0.3) is 0 Å². The van der Waals surface area contributed by atoms with Gasteiger partial charge in [0, 0.05) is 17.7 Å². The number of nitrogens with one attached hydrogen (secondary N) is 1. The summed E-state index contributed by atoms with van der Waals surface area (Å²) < 4.78 is 26.6. The zero-order valence-electron chi connectivity index (χ0n) is 11.2. The molecule has 1 aliphatic carbocycles. The highest BCUT2D eigenvalue weighted by atomic mass is 19.1. The molecule has 1 unspecified atom stereocenters. The molecule has 19 heavy (non-hydrogen) atoms. The van der Waals surface area contributed by atoms with Gasteiger partial charge in [-0.3, -0.25) is 11.3 Å². The minimum absolute atomic E-state index is 0.234. The van der Waals surface area contributed by atoms with E-state index in [2.05, 4.69) is 5.43 Å². The van der Waals surface area contributed by atoms with Crippen molar-refractivity contribution < 1.29 is 8.78 Å². The van der Waals surface area contributed by atoms with Crippen molar-refractivity contribution in [1.29, 1.82) is 0 Å². The summed E-state index contributed by atoms with van der Waals surface area (Å²) in [5.74, 6) is 5.17. The van der Waals surface area contributed by atoms with Crippen molar-refractivity contribution in [2.75, 3.05) is 0 Å². The van der Waals surface area contributed by atoms with Crippen LogP contribution in [-0.2, 0) is 0 Å². The molecule has 0 heterocycles. The van der Waals surface area contributed by atoms with Crippen LogP contribution in [0.15, 0.2) is 18.2 Å². The summed E-state index contributed by atoms with van der Waals surface area (Å²) in [6.45, 7) is 0. The van der Waals surface area contributed by atoms with E-state index in [4.69, 9.17) is 5.84 Å².